The van der Waals surface area contributed by atoms with Gasteiger partial charge in [0.2, 0.25) is 15.9 Å². The fourth-order valence-corrected chi connectivity index (χ4v) is 4.25. The van der Waals surface area contributed by atoms with Gasteiger partial charge in [0.15, 0.2) is 0 Å². The molecule has 0 heterocycles. The van der Waals surface area contributed by atoms with E-state index in [-0.39, 0.29) is 29.8 Å². The van der Waals surface area contributed by atoms with Gasteiger partial charge >= 0.3 is 0 Å². The molecule has 0 radical (unpaired) electrons. The van der Waals surface area contributed by atoms with Crippen LogP contribution in [0, 0.1) is 6.92 Å². The first-order valence-electron chi connectivity index (χ1n) is 8.71. The zero-order chi connectivity index (χ0) is 20.2. The van der Waals surface area contributed by atoms with Crippen LogP contribution in [0.1, 0.15) is 43.5 Å². The molecule has 2 aromatic rings. The summed E-state index contributed by atoms with van der Waals surface area (Å²) in [5.74, 6) is -0.366. The first-order chi connectivity index (χ1) is 12.5. The lowest BCUT2D eigenvalue weighted by atomic mass is 10.1. The van der Waals surface area contributed by atoms with Crippen LogP contribution in [0.4, 0.5) is 0 Å². The van der Waals surface area contributed by atoms with Crippen molar-refractivity contribution in [3.63, 3.8) is 0 Å². The Kier molecular flexibility index (Phi) is 8.19. The smallest absolute Gasteiger partial charge is 0.241 e. The fourth-order valence-electron chi connectivity index (χ4n) is 2.59. The number of aryl methyl sites for hydroxylation is 1. The first kappa shape index (κ1) is 24.1. The van der Waals surface area contributed by atoms with E-state index >= 15 is 0 Å². The van der Waals surface area contributed by atoms with Gasteiger partial charge in [-0.1, -0.05) is 48.0 Å². The van der Waals surface area contributed by atoms with Crippen molar-refractivity contribution in [2.75, 3.05) is 0 Å². The number of hydrogen-bond acceptors (Lipinski definition) is 4. The standard InChI is InChI=1S/C20H27N3O3S.ClH/c1-14-9-11-15(12-10-14)18(21)19(24)22-13-16-7-5-6-8-17(16)27(25,26)23-20(2,3)4;/h5-12,18,23H,13,21H2,1-4H3,(H,22,24);1H. The van der Waals surface area contributed by atoms with Gasteiger partial charge in [-0.25, -0.2) is 13.1 Å². The molecule has 154 valence electrons. The second-order valence-corrected chi connectivity index (χ2v) is 9.22. The number of benzene rings is 2. The maximum absolute atomic E-state index is 12.7. The van der Waals surface area contributed by atoms with E-state index in [0.29, 0.717) is 11.1 Å². The van der Waals surface area contributed by atoms with E-state index < -0.39 is 21.6 Å². The summed E-state index contributed by atoms with van der Waals surface area (Å²) < 4.78 is 27.9. The minimum absolute atomic E-state index is 0. The molecular weight excluding hydrogens is 398 g/mol. The fraction of sp³-hybridized carbons (Fsp3) is 0.350. The Morgan fingerprint density at radius 2 is 1.64 bits per heavy atom. The van der Waals surface area contributed by atoms with E-state index in [1.54, 1.807) is 39.0 Å². The molecule has 28 heavy (non-hydrogen) atoms. The molecule has 2 rings (SSSR count). The summed E-state index contributed by atoms with van der Waals surface area (Å²) in [5, 5.41) is 2.73. The molecule has 0 aromatic heterocycles. The van der Waals surface area contributed by atoms with Gasteiger partial charge in [-0.05, 0) is 44.9 Å². The predicted octanol–water partition coefficient (Wildman–Crippen LogP) is 2.81. The van der Waals surface area contributed by atoms with Crippen LogP contribution >= 0.6 is 12.4 Å². The Morgan fingerprint density at radius 3 is 2.21 bits per heavy atom. The summed E-state index contributed by atoms with van der Waals surface area (Å²) >= 11 is 0. The van der Waals surface area contributed by atoms with Crippen LogP contribution in [0.5, 0.6) is 0 Å². The van der Waals surface area contributed by atoms with Crippen molar-refractivity contribution >= 4 is 28.3 Å². The number of sulfonamides is 1. The van der Waals surface area contributed by atoms with Gasteiger partial charge < -0.3 is 11.1 Å². The molecule has 2 aromatic carbocycles. The van der Waals surface area contributed by atoms with Crippen LogP contribution in [0.3, 0.4) is 0 Å². The van der Waals surface area contributed by atoms with E-state index in [1.807, 2.05) is 31.2 Å². The molecule has 0 saturated carbocycles. The third-order valence-corrected chi connectivity index (χ3v) is 5.73. The number of carbonyl (C=O) groups excluding carboxylic acids is 1. The van der Waals surface area contributed by atoms with Gasteiger partial charge in [-0.3, -0.25) is 4.79 Å². The van der Waals surface area contributed by atoms with Gasteiger partial charge in [-0.15, -0.1) is 12.4 Å². The maximum Gasteiger partial charge on any atom is 0.241 e. The summed E-state index contributed by atoms with van der Waals surface area (Å²) in [6, 6.07) is 13.2. The van der Waals surface area contributed by atoms with Crippen molar-refractivity contribution in [3.8, 4) is 0 Å². The summed E-state index contributed by atoms with van der Waals surface area (Å²) in [7, 11) is -3.71. The van der Waals surface area contributed by atoms with Gasteiger partial charge in [0.25, 0.3) is 0 Å². The molecule has 0 aliphatic heterocycles. The Hall–Kier alpha value is -1.93. The molecule has 8 heteroatoms. The second kappa shape index (κ2) is 9.52. The van der Waals surface area contributed by atoms with Crippen LogP contribution in [0.15, 0.2) is 53.4 Å². The van der Waals surface area contributed by atoms with Crippen molar-refractivity contribution in [2.45, 2.75) is 50.7 Å². The molecule has 0 bridgehead atoms. The molecule has 1 amide bonds. The average Bonchev–Trinajstić information content (AvgIpc) is 2.58. The predicted molar refractivity (Wildman–Crippen MR) is 114 cm³/mol. The third kappa shape index (κ3) is 6.60. The second-order valence-electron chi connectivity index (χ2n) is 7.57. The number of hydrogen-bond donors (Lipinski definition) is 3. The van der Waals surface area contributed by atoms with Gasteiger partial charge in [0.05, 0.1) is 4.90 Å². The van der Waals surface area contributed by atoms with Gasteiger partial charge in [-0.2, -0.15) is 0 Å². The highest BCUT2D eigenvalue weighted by Crippen LogP contribution is 2.18. The molecule has 1 unspecified atom stereocenters. The topological polar surface area (TPSA) is 101 Å². The van der Waals surface area contributed by atoms with Crippen molar-refractivity contribution in [2.24, 2.45) is 5.73 Å². The quantitative estimate of drug-likeness (QED) is 0.662. The van der Waals surface area contributed by atoms with Crippen molar-refractivity contribution in [3.05, 3.63) is 65.2 Å². The van der Waals surface area contributed by atoms with Crippen molar-refractivity contribution in [1.82, 2.24) is 10.0 Å². The normalized spacial score (nSPS) is 12.8. The summed E-state index contributed by atoms with van der Waals surface area (Å²) in [5.41, 5.74) is 7.69. The lowest BCUT2D eigenvalue weighted by Gasteiger charge is -2.22. The van der Waals surface area contributed by atoms with Crippen LogP contribution in [-0.4, -0.2) is 19.9 Å². The van der Waals surface area contributed by atoms with E-state index in [2.05, 4.69) is 10.0 Å². The molecule has 6 nitrogen and oxygen atoms in total. The highest BCUT2D eigenvalue weighted by atomic mass is 35.5. The van der Waals surface area contributed by atoms with Gasteiger partial charge in [0, 0.05) is 12.1 Å². The Morgan fingerprint density at radius 1 is 1.07 bits per heavy atom. The average molecular weight is 426 g/mol. The first-order valence-corrected chi connectivity index (χ1v) is 10.2. The summed E-state index contributed by atoms with van der Waals surface area (Å²) in [6.45, 7) is 7.35. The van der Waals surface area contributed by atoms with E-state index in [0.717, 1.165) is 5.56 Å². The summed E-state index contributed by atoms with van der Waals surface area (Å²) in [4.78, 5) is 12.5. The molecule has 1 atom stereocenters. The molecule has 0 aliphatic rings. The number of nitrogens with one attached hydrogen (secondary N) is 2. The number of carbonyl (C=O) groups is 1. The minimum Gasteiger partial charge on any atom is -0.350 e. The van der Waals surface area contributed by atoms with Crippen molar-refractivity contribution in [1.29, 1.82) is 0 Å². The number of amides is 1. The Bertz CT molecular complexity index is 907. The monoisotopic (exact) mass is 425 g/mol. The Labute approximate surface area is 173 Å². The van der Waals surface area contributed by atoms with E-state index in [1.165, 1.54) is 6.07 Å². The van der Waals surface area contributed by atoms with Gasteiger partial charge in [0.1, 0.15) is 6.04 Å². The molecular formula is C20H28ClN3O3S. The maximum atomic E-state index is 12.7. The highest BCUT2D eigenvalue weighted by Gasteiger charge is 2.24. The lowest BCUT2D eigenvalue weighted by Crippen LogP contribution is -2.41. The van der Waals surface area contributed by atoms with Crippen LogP contribution in [0.2, 0.25) is 0 Å². The molecule has 0 fully saturated rings. The number of halogens is 1. The zero-order valence-electron chi connectivity index (χ0n) is 16.5. The number of rotatable bonds is 6. The van der Waals surface area contributed by atoms with E-state index in [9.17, 15) is 13.2 Å². The zero-order valence-corrected chi connectivity index (χ0v) is 18.2. The number of nitrogens with two attached hydrogens (primary N) is 1. The minimum atomic E-state index is -3.71. The lowest BCUT2D eigenvalue weighted by molar-refractivity contribution is -0.122. The molecule has 4 N–H and O–H groups in total. The third-order valence-electron chi connectivity index (χ3n) is 3.87. The van der Waals surface area contributed by atoms with Crippen molar-refractivity contribution < 1.29 is 13.2 Å². The van der Waals surface area contributed by atoms with E-state index in [4.69, 9.17) is 5.73 Å². The highest BCUT2D eigenvalue weighted by molar-refractivity contribution is 7.89. The van der Waals surface area contributed by atoms with Crippen LogP contribution in [-0.2, 0) is 21.4 Å². The largest absolute Gasteiger partial charge is 0.350 e. The Balaban J connectivity index is 0.00000392. The molecule has 0 aliphatic carbocycles. The van der Waals surface area contributed by atoms with Crippen LogP contribution in [0.25, 0.3) is 0 Å². The molecule has 0 spiro atoms. The SMILES string of the molecule is Cc1ccc(C(N)C(=O)NCc2ccccc2S(=O)(=O)NC(C)(C)C)cc1.Cl. The molecule has 0 saturated heterocycles. The van der Waals surface area contributed by atoms with Crippen LogP contribution < -0.4 is 15.8 Å². The summed E-state index contributed by atoms with van der Waals surface area (Å²) in [6.07, 6.45) is 0.